The van der Waals surface area contributed by atoms with Crippen LogP contribution in [0.2, 0.25) is 0 Å². The average Bonchev–Trinajstić information content (AvgIpc) is 3.88. The number of para-hydroxylation sites is 2. The molecular formula is C57H37N5. The van der Waals surface area contributed by atoms with E-state index in [0.717, 1.165) is 82.7 Å². The Balaban J connectivity index is 1.18. The Labute approximate surface area is 358 Å². The summed E-state index contributed by atoms with van der Waals surface area (Å²) in [5.74, 6) is 1.78. The standard InChI is InChI=1S/C57H37N5/c1-5-17-38(18-6-1)40-29-31-44(32-30-40)56-58-55(43-23-11-4-12-24-43)59-57(60-56)62-50-28-16-13-25-46(50)52-48(42-21-9-3-10-22-42)37-51-53(54(52)62)47-26-14-15-27-49(47)61(51)45-35-33-41(34-36-45)39-19-7-2-8-20-39/h1-37H. The summed E-state index contributed by atoms with van der Waals surface area (Å²) in [5.41, 5.74) is 14.2. The van der Waals surface area contributed by atoms with Gasteiger partial charge in [0.05, 0.1) is 22.1 Å². The molecule has 9 aromatic carbocycles. The van der Waals surface area contributed by atoms with Crippen LogP contribution < -0.4 is 0 Å². The monoisotopic (exact) mass is 791 g/mol. The van der Waals surface area contributed by atoms with Crippen molar-refractivity contribution in [3.8, 4) is 67.8 Å². The van der Waals surface area contributed by atoms with Gasteiger partial charge in [-0.05, 0) is 63.7 Å². The summed E-state index contributed by atoms with van der Waals surface area (Å²) in [7, 11) is 0. The van der Waals surface area contributed by atoms with E-state index in [1.165, 1.54) is 11.1 Å². The van der Waals surface area contributed by atoms with E-state index in [0.29, 0.717) is 17.6 Å². The summed E-state index contributed by atoms with van der Waals surface area (Å²) < 4.78 is 4.69. The predicted octanol–water partition coefficient (Wildman–Crippen LogP) is 14.4. The third-order valence-electron chi connectivity index (χ3n) is 12.0. The van der Waals surface area contributed by atoms with Crippen molar-refractivity contribution in [2.24, 2.45) is 0 Å². The molecule has 0 fully saturated rings. The highest BCUT2D eigenvalue weighted by molar-refractivity contribution is 6.29. The van der Waals surface area contributed by atoms with Gasteiger partial charge in [0, 0.05) is 38.4 Å². The highest BCUT2D eigenvalue weighted by Gasteiger charge is 2.26. The molecule has 290 valence electrons. The zero-order valence-corrected chi connectivity index (χ0v) is 33.6. The van der Waals surface area contributed by atoms with Gasteiger partial charge >= 0.3 is 0 Å². The van der Waals surface area contributed by atoms with Crippen molar-refractivity contribution in [2.75, 3.05) is 0 Å². The first-order valence-corrected chi connectivity index (χ1v) is 21.0. The molecule has 0 amide bonds. The summed E-state index contributed by atoms with van der Waals surface area (Å²) >= 11 is 0. The summed E-state index contributed by atoms with van der Waals surface area (Å²) in [6, 6.07) is 79.2. The Morgan fingerprint density at radius 1 is 0.290 bits per heavy atom. The Morgan fingerprint density at radius 3 is 1.26 bits per heavy atom. The fourth-order valence-electron chi connectivity index (χ4n) is 9.12. The van der Waals surface area contributed by atoms with E-state index in [4.69, 9.17) is 15.0 Å². The van der Waals surface area contributed by atoms with Crippen molar-refractivity contribution in [1.82, 2.24) is 24.1 Å². The fourth-order valence-corrected chi connectivity index (χ4v) is 9.12. The SMILES string of the molecule is c1ccc(-c2ccc(-c3nc(-c4ccccc4)nc(-n4c5ccccc5c5c(-c6ccccc6)cc6c(c7ccccc7n6-c6ccc(-c7ccccc7)cc6)c54)n3)cc2)cc1. The molecule has 0 saturated carbocycles. The van der Waals surface area contributed by atoms with Crippen LogP contribution in [0, 0.1) is 0 Å². The molecule has 0 unspecified atom stereocenters. The molecule has 0 saturated heterocycles. The molecule has 0 atom stereocenters. The maximum atomic E-state index is 5.40. The van der Waals surface area contributed by atoms with Crippen LogP contribution in [0.25, 0.3) is 111 Å². The van der Waals surface area contributed by atoms with Gasteiger partial charge in [-0.2, -0.15) is 9.97 Å². The normalized spacial score (nSPS) is 11.5. The maximum Gasteiger partial charge on any atom is 0.238 e. The summed E-state index contributed by atoms with van der Waals surface area (Å²) in [6.45, 7) is 0. The molecule has 0 N–H and O–H groups in total. The minimum absolute atomic E-state index is 0.558. The average molecular weight is 792 g/mol. The molecule has 5 nitrogen and oxygen atoms in total. The van der Waals surface area contributed by atoms with Gasteiger partial charge in [-0.1, -0.05) is 194 Å². The number of fused-ring (bicyclic) bond motifs is 7. The highest BCUT2D eigenvalue weighted by atomic mass is 15.2. The van der Waals surface area contributed by atoms with Crippen molar-refractivity contribution in [2.45, 2.75) is 0 Å². The van der Waals surface area contributed by atoms with Crippen molar-refractivity contribution in [3.05, 3.63) is 224 Å². The summed E-state index contributed by atoms with van der Waals surface area (Å²) in [4.78, 5) is 15.9. The third-order valence-corrected chi connectivity index (χ3v) is 12.0. The Bertz CT molecular complexity index is 3580. The molecule has 0 aliphatic carbocycles. The van der Waals surface area contributed by atoms with Gasteiger partial charge in [0.2, 0.25) is 5.95 Å². The van der Waals surface area contributed by atoms with E-state index in [9.17, 15) is 0 Å². The fraction of sp³-hybridized carbons (Fsp3) is 0. The van der Waals surface area contributed by atoms with E-state index in [1.807, 2.05) is 24.3 Å². The molecule has 0 bridgehead atoms. The van der Waals surface area contributed by atoms with E-state index >= 15 is 0 Å². The van der Waals surface area contributed by atoms with Crippen LogP contribution in [0.15, 0.2) is 224 Å². The molecule has 12 rings (SSSR count). The second kappa shape index (κ2) is 14.7. The van der Waals surface area contributed by atoms with Crippen LogP contribution in [0.4, 0.5) is 0 Å². The van der Waals surface area contributed by atoms with E-state index in [2.05, 4.69) is 209 Å². The first kappa shape index (κ1) is 35.5. The summed E-state index contributed by atoms with van der Waals surface area (Å²) in [6.07, 6.45) is 0. The van der Waals surface area contributed by atoms with Crippen LogP contribution in [-0.4, -0.2) is 24.1 Å². The van der Waals surface area contributed by atoms with Crippen molar-refractivity contribution < 1.29 is 0 Å². The number of benzene rings is 9. The molecule has 5 heteroatoms. The zero-order chi connectivity index (χ0) is 41.0. The lowest BCUT2D eigenvalue weighted by molar-refractivity contribution is 0.955. The quantitative estimate of drug-likeness (QED) is 0.162. The number of hydrogen-bond donors (Lipinski definition) is 0. The molecule has 12 aromatic rings. The molecule has 62 heavy (non-hydrogen) atoms. The molecular weight excluding hydrogens is 755 g/mol. The van der Waals surface area contributed by atoms with Gasteiger partial charge < -0.3 is 4.57 Å². The van der Waals surface area contributed by atoms with Crippen molar-refractivity contribution in [3.63, 3.8) is 0 Å². The third kappa shape index (κ3) is 5.90. The smallest absolute Gasteiger partial charge is 0.238 e. The van der Waals surface area contributed by atoms with Gasteiger partial charge in [-0.3, -0.25) is 4.57 Å². The second-order valence-electron chi connectivity index (χ2n) is 15.6. The molecule has 0 radical (unpaired) electrons. The zero-order valence-electron chi connectivity index (χ0n) is 33.6. The lowest BCUT2D eigenvalue weighted by atomic mass is 9.97. The van der Waals surface area contributed by atoms with Crippen LogP contribution in [0.1, 0.15) is 0 Å². The Kier molecular flexibility index (Phi) is 8.42. The number of nitrogens with zero attached hydrogens (tertiary/aromatic N) is 5. The summed E-state index contributed by atoms with van der Waals surface area (Å²) in [5, 5.41) is 4.56. The predicted molar refractivity (Wildman–Crippen MR) is 256 cm³/mol. The maximum absolute atomic E-state index is 5.40. The molecule has 3 aromatic heterocycles. The van der Waals surface area contributed by atoms with E-state index in [1.54, 1.807) is 0 Å². The minimum atomic E-state index is 0.558. The van der Waals surface area contributed by atoms with Crippen LogP contribution >= 0.6 is 0 Å². The first-order valence-electron chi connectivity index (χ1n) is 21.0. The number of aromatic nitrogens is 5. The van der Waals surface area contributed by atoms with Crippen LogP contribution in [-0.2, 0) is 0 Å². The second-order valence-corrected chi connectivity index (χ2v) is 15.6. The highest BCUT2D eigenvalue weighted by Crippen LogP contribution is 2.46. The van der Waals surface area contributed by atoms with Crippen LogP contribution in [0.3, 0.4) is 0 Å². The van der Waals surface area contributed by atoms with E-state index < -0.39 is 0 Å². The van der Waals surface area contributed by atoms with Gasteiger partial charge in [-0.15, -0.1) is 0 Å². The molecule has 0 aliphatic heterocycles. The van der Waals surface area contributed by atoms with Gasteiger partial charge in [0.25, 0.3) is 0 Å². The Morgan fingerprint density at radius 2 is 0.694 bits per heavy atom. The number of hydrogen-bond acceptors (Lipinski definition) is 3. The minimum Gasteiger partial charge on any atom is -0.309 e. The molecule has 0 aliphatic rings. The van der Waals surface area contributed by atoms with Crippen LogP contribution in [0.5, 0.6) is 0 Å². The first-order chi connectivity index (χ1) is 30.8. The van der Waals surface area contributed by atoms with Gasteiger partial charge in [0.1, 0.15) is 0 Å². The lowest BCUT2D eigenvalue weighted by Gasteiger charge is -2.14. The van der Waals surface area contributed by atoms with Crippen molar-refractivity contribution in [1.29, 1.82) is 0 Å². The van der Waals surface area contributed by atoms with E-state index in [-0.39, 0.29) is 0 Å². The van der Waals surface area contributed by atoms with Gasteiger partial charge in [0.15, 0.2) is 11.6 Å². The largest absolute Gasteiger partial charge is 0.309 e. The lowest BCUT2D eigenvalue weighted by Crippen LogP contribution is -2.06. The Hall–Kier alpha value is -8.41. The van der Waals surface area contributed by atoms with Crippen molar-refractivity contribution >= 4 is 43.6 Å². The molecule has 0 spiro atoms. The molecule has 3 heterocycles. The number of rotatable bonds is 7. The van der Waals surface area contributed by atoms with Gasteiger partial charge in [-0.25, -0.2) is 4.98 Å². The topological polar surface area (TPSA) is 48.5 Å².